The van der Waals surface area contributed by atoms with Crippen LogP contribution in [-0.2, 0) is 17.6 Å². The summed E-state index contributed by atoms with van der Waals surface area (Å²) < 4.78 is 0. The molecule has 1 saturated heterocycles. The first-order valence-electron chi connectivity index (χ1n) is 10.4. The van der Waals surface area contributed by atoms with Crippen molar-refractivity contribution in [3.05, 3.63) is 53.6 Å². The molecule has 148 valence electrons. The third-order valence-electron chi connectivity index (χ3n) is 5.85. The average Bonchev–Trinajstić information content (AvgIpc) is 2.72. The number of rotatable bonds is 6. The number of amides is 1. The fraction of sp³-hybridized carbons (Fsp3) is 0.435. The summed E-state index contributed by atoms with van der Waals surface area (Å²) in [6.07, 6.45) is 4.94. The molecule has 2 N–H and O–H groups in total. The Morgan fingerprint density at radius 3 is 2.61 bits per heavy atom. The molecule has 2 aromatic rings. The molecular weight excluding hydrogens is 350 g/mol. The Hall–Kier alpha value is -2.53. The van der Waals surface area contributed by atoms with Gasteiger partial charge in [-0.05, 0) is 61.6 Å². The van der Waals surface area contributed by atoms with Crippen LogP contribution in [-0.4, -0.2) is 48.6 Å². The van der Waals surface area contributed by atoms with Gasteiger partial charge in [0.25, 0.3) is 0 Å². The van der Waals surface area contributed by atoms with Crippen LogP contribution in [0, 0.1) is 0 Å². The van der Waals surface area contributed by atoms with Gasteiger partial charge in [-0.2, -0.15) is 0 Å². The van der Waals surface area contributed by atoms with Crippen molar-refractivity contribution >= 4 is 17.3 Å². The van der Waals surface area contributed by atoms with Crippen molar-refractivity contribution in [2.75, 3.05) is 42.9 Å². The van der Waals surface area contributed by atoms with E-state index in [1.54, 1.807) is 6.07 Å². The molecule has 5 nitrogen and oxygen atoms in total. The van der Waals surface area contributed by atoms with Crippen LogP contribution in [0.5, 0.6) is 5.75 Å². The molecule has 0 aliphatic carbocycles. The zero-order valence-electron chi connectivity index (χ0n) is 16.4. The molecule has 5 heteroatoms. The second-order valence-electron chi connectivity index (χ2n) is 7.81. The van der Waals surface area contributed by atoms with Crippen LogP contribution in [0.15, 0.2) is 42.5 Å². The van der Waals surface area contributed by atoms with E-state index in [2.05, 4.69) is 33.3 Å². The van der Waals surface area contributed by atoms with E-state index >= 15 is 0 Å². The second kappa shape index (κ2) is 8.65. The highest BCUT2D eigenvalue weighted by Gasteiger charge is 2.19. The summed E-state index contributed by atoms with van der Waals surface area (Å²) in [6, 6.07) is 14.1. The number of benzene rings is 2. The highest BCUT2D eigenvalue weighted by atomic mass is 16.3. The highest BCUT2D eigenvalue weighted by Crippen LogP contribution is 2.27. The van der Waals surface area contributed by atoms with Crippen LogP contribution < -0.4 is 10.2 Å². The molecule has 0 aromatic heterocycles. The minimum absolute atomic E-state index is 0.128. The zero-order chi connectivity index (χ0) is 19.3. The van der Waals surface area contributed by atoms with Gasteiger partial charge in [0, 0.05) is 38.3 Å². The number of nitrogens with one attached hydrogen (secondary N) is 1. The number of phenolic OH excluding ortho intramolecular Hbond substituents is 1. The molecule has 2 aliphatic heterocycles. The van der Waals surface area contributed by atoms with Gasteiger partial charge in [-0.25, -0.2) is 0 Å². The zero-order valence-corrected chi connectivity index (χ0v) is 16.4. The molecule has 0 atom stereocenters. The van der Waals surface area contributed by atoms with E-state index in [1.807, 2.05) is 18.2 Å². The number of aromatic hydroxyl groups is 1. The number of fused-ring (bicyclic) bond motifs is 1. The van der Waals surface area contributed by atoms with Crippen molar-refractivity contribution in [1.29, 1.82) is 0 Å². The lowest BCUT2D eigenvalue weighted by Crippen LogP contribution is -2.46. The van der Waals surface area contributed by atoms with Gasteiger partial charge in [0.15, 0.2) is 0 Å². The first-order chi connectivity index (χ1) is 13.7. The highest BCUT2D eigenvalue weighted by molar-refractivity contribution is 5.93. The number of carbonyl (C=O) groups is 1. The van der Waals surface area contributed by atoms with Gasteiger partial charge in [0.2, 0.25) is 5.91 Å². The van der Waals surface area contributed by atoms with Crippen molar-refractivity contribution in [3.63, 3.8) is 0 Å². The number of carbonyl (C=O) groups excluding carboxylic acids is 1. The van der Waals surface area contributed by atoms with Crippen LogP contribution in [0.1, 0.15) is 30.4 Å². The molecule has 0 bridgehead atoms. The van der Waals surface area contributed by atoms with Gasteiger partial charge in [0.05, 0.1) is 5.69 Å². The van der Waals surface area contributed by atoms with E-state index in [9.17, 15) is 9.90 Å². The number of anilines is 2. The van der Waals surface area contributed by atoms with Crippen LogP contribution in [0.2, 0.25) is 0 Å². The lowest BCUT2D eigenvalue weighted by atomic mass is 9.98. The van der Waals surface area contributed by atoms with E-state index in [0.717, 1.165) is 56.9 Å². The monoisotopic (exact) mass is 379 g/mol. The summed E-state index contributed by atoms with van der Waals surface area (Å²) in [5.74, 6) is 0.503. The molecule has 1 amide bonds. The Morgan fingerprint density at radius 2 is 1.79 bits per heavy atom. The fourth-order valence-corrected chi connectivity index (χ4v) is 4.20. The maximum atomic E-state index is 11.5. The fourth-order valence-electron chi connectivity index (χ4n) is 4.20. The molecule has 0 spiro atoms. The van der Waals surface area contributed by atoms with Crippen molar-refractivity contribution in [2.45, 2.75) is 32.1 Å². The quantitative estimate of drug-likeness (QED) is 0.755. The van der Waals surface area contributed by atoms with E-state index in [1.165, 1.54) is 24.0 Å². The van der Waals surface area contributed by atoms with Gasteiger partial charge in [-0.15, -0.1) is 0 Å². The van der Waals surface area contributed by atoms with Gasteiger partial charge in [-0.3, -0.25) is 9.69 Å². The number of unbranched alkanes of at least 4 members (excludes halogenated alkanes) is 1. The van der Waals surface area contributed by atoms with Gasteiger partial charge in [-0.1, -0.05) is 24.3 Å². The van der Waals surface area contributed by atoms with E-state index in [-0.39, 0.29) is 5.91 Å². The van der Waals surface area contributed by atoms with Gasteiger partial charge >= 0.3 is 0 Å². The molecule has 2 aliphatic rings. The number of hydrogen-bond donors (Lipinski definition) is 2. The summed E-state index contributed by atoms with van der Waals surface area (Å²) in [5.41, 5.74) is 4.59. The standard InChI is InChI=1S/C23H29N3O2/c27-22-7-2-1-6-21(22)26-15-13-25(14-16-26)12-4-3-5-18-8-10-20-19(17-18)9-11-23(28)24-20/h1-2,6-8,10,17,27H,3-5,9,11-16H2,(H,24,28). The summed E-state index contributed by atoms with van der Waals surface area (Å²) in [4.78, 5) is 16.3. The van der Waals surface area contributed by atoms with Crippen LogP contribution >= 0.6 is 0 Å². The molecule has 0 radical (unpaired) electrons. The molecule has 28 heavy (non-hydrogen) atoms. The van der Waals surface area contributed by atoms with Crippen molar-refractivity contribution in [3.8, 4) is 5.75 Å². The van der Waals surface area contributed by atoms with E-state index in [0.29, 0.717) is 12.2 Å². The number of para-hydroxylation sites is 2. The molecule has 0 saturated carbocycles. The molecule has 0 unspecified atom stereocenters. The predicted molar refractivity (Wildman–Crippen MR) is 113 cm³/mol. The maximum Gasteiger partial charge on any atom is 0.224 e. The number of hydrogen-bond acceptors (Lipinski definition) is 4. The SMILES string of the molecule is O=C1CCc2cc(CCCCN3CCN(c4ccccc4O)CC3)ccc2N1. The Balaban J connectivity index is 1.19. The van der Waals surface area contributed by atoms with E-state index < -0.39 is 0 Å². The molecule has 1 fully saturated rings. The third-order valence-corrected chi connectivity index (χ3v) is 5.85. The Labute approximate surface area is 167 Å². The van der Waals surface area contributed by atoms with Crippen LogP contribution in [0.3, 0.4) is 0 Å². The predicted octanol–water partition coefficient (Wildman–Crippen LogP) is 3.42. The van der Waals surface area contributed by atoms with Crippen molar-refractivity contribution in [2.24, 2.45) is 0 Å². The van der Waals surface area contributed by atoms with Crippen molar-refractivity contribution in [1.82, 2.24) is 4.90 Å². The third kappa shape index (κ3) is 4.47. The number of piperazine rings is 1. The molecular formula is C23H29N3O2. The Bertz CT molecular complexity index is 828. The topological polar surface area (TPSA) is 55.8 Å². The lowest BCUT2D eigenvalue weighted by molar-refractivity contribution is -0.116. The minimum atomic E-state index is 0.128. The molecule has 2 heterocycles. The number of phenols is 1. The number of aryl methyl sites for hydroxylation is 2. The Kier molecular flexibility index (Phi) is 5.81. The normalized spacial score (nSPS) is 17.3. The average molecular weight is 380 g/mol. The summed E-state index contributed by atoms with van der Waals surface area (Å²) >= 11 is 0. The lowest BCUT2D eigenvalue weighted by Gasteiger charge is -2.36. The minimum Gasteiger partial charge on any atom is -0.506 e. The molecule has 2 aromatic carbocycles. The molecule has 4 rings (SSSR count). The summed E-state index contributed by atoms with van der Waals surface area (Å²) in [5, 5.41) is 13.0. The summed E-state index contributed by atoms with van der Waals surface area (Å²) in [6.45, 7) is 5.16. The Morgan fingerprint density at radius 1 is 0.964 bits per heavy atom. The first-order valence-corrected chi connectivity index (χ1v) is 10.4. The maximum absolute atomic E-state index is 11.5. The van der Waals surface area contributed by atoms with Gasteiger partial charge in [0.1, 0.15) is 5.75 Å². The smallest absolute Gasteiger partial charge is 0.224 e. The largest absolute Gasteiger partial charge is 0.506 e. The second-order valence-corrected chi connectivity index (χ2v) is 7.81. The van der Waals surface area contributed by atoms with Crippen LogP contribution in [0.25, 0.3) is 0 Å². The first kappa shape index (κ1) is 18.8. The van der Waals surface area contributed by atoms with Crippen molar-refractivity contribution < 1.29 is 9.90 Å². The van der Waals surface area contributed by atoms with Gasteiger partial charge < -0.3 is 15.3 Å². The number of nitrogens with zero attached hydrogens (tertiary/aromatic N) is 2. The van der Waals surface area contributed by atoms with E-state index in [4.69, 9.17) is 0 Å². The summed E-state index contributed by atoms with van der Waals surface area (Å²) in [7, 11) is 0. The van der Waals surface area contributed by atoms with Crippen LogP contribution in [0.4, 0.5) is 11.4 Å².